The fourth-order valence-electron chi connectivity index (χ4n) is 4.46. The molecule has 1 aliphatic carbocycles. The molecule has 0 spiro atoms. The Balaban J connectivity index is 1.84. The molecule has 1 amide bonds. The summed E-state index contributed by atoms with van der Waals surface area (Å²) in [5.41, 5.74) is 0.00801. The number of morpholine rings is 1. The Labute approximate surface area is 134 Å². The van der Waals surface area contributed by atoms with E-state index >= 15 is 0 Å². The molecule has 128 valence electrons. The third-order valence-corrected chi connectivity index (χ3v) is 4.96. The molecule has 1 aliphatic heterocycles. The van der Waals surface area contributed by atoms with Gasteiger partial charge < -0.3 is 20.1 Å². The van der Waals surface area contributed by atoms with Crippen LogP contribution in [0.25, 0.3) is 0 Å². The maximum Gasteiger partial charge on any atom is 0.224 e. The summed E-state index contributed by atoms with van der Waals surface area (Å²) in [5.74, 6) is 0.783. The van der Waals surface area contributed by atoms with Crippen molar-refractivity contribution in [3.63, 3.8) is 0 Å². The second kappa shape index (κ2) is 7.28. The summed E-state index contributed by atoms with van der Waals surface area (Å²) < 4.78 is 5.28. The average molecular weight is 312 g/mol. The van der Waals surface area contributed by atoms with Crippen molar-refractivity contribution in [1.29, 1.82) is 0 Å². The number of aliphatic hydroxyl groups is 1. The number of ether oxygens (including phenoxy) is 1. The zero-order chi connectivity index (χ0) is 16.2. The maximum atomic E-state index is 12.2. The van der Waals surface area contributed by atoms with E-state index in [4.69, 9.17) is 4.74 Å². The van der Waals surface area contributed by atoms with Crippen LogP contribution in [0.5, 0.6) is 0 Å². The first-order valence-corrected chi connectivity index (χ1v) is 8.57. The van der Waals surface area contributed by atoms with Gasteiger partial charge in [-0.15, -0.1) is 0 Å². The summed E-state index contributed by atoms with van der Waals surface area (Å²) in [7, 11) is 0. The van der Waals surface area contributed by atoms with Crippen LogP contribution >= 0.6 is 0 Å². The van der Waals surface area contributed by atoms with Gasteiger partial charge in [0.1, 0.15) is 0 Å². The summed E-state index contributed by atoms with van der Waals surface area (Å²) in [5, 5.41) is 13.4. The summed E-state index contributed by atoms with van der Waals surface area (Å²) in [6.45, 7) is 10.3. The number of amides is 1. The Bertz CT molecular complexity index is 380. The Morgan fingerprint density at radius 1 is 1.32 bits per heavy atom. The van der Waals surface area contributed by atoms with Crippen LogP contribution in [0.4, 0.5) is 0 Å². The second-order valence-electron chi connectivity index (χ2n) is 7.96. The molecule has 5 nitrogen and oxygen atoms in total. The van der Waals surface area contributed by atoms with E-state index in [1.165, 1.54) is 6.42 Å². The molecule has 1 saturated heterocycles. The Hall–Kier alpha value is -0.650. The Kier molecular flexibility index (Phi) is 5.86. The van der Waals surface area contributed by atoms with E-state index in [1.54, 1.807) is 0 Å². The lowest BCUT2D eigenvalue weighted by molar-refractivity contribution is -0.135. The monoisotopic (exact) mass is 312 g/mol. The quantitative estimate of drug-likeness (QED) is 0.805. The second-order valence-corrected chi connectivity index (χ2v) is 7.96. The number of hydrogen-bond acceptors (Lipinski definition) is 4. The topological polar surface area (TPSA) is 61.8 Å². The van der Waals surface area contributed by atoms with Crippen molar-refractivity contribution in [3.8, 4) is 0 Å². The minimum absolute atomic E-state index is 0.145. The first-order valence-electron chi connectivity index (χ1n) is 8.57. The summed E-state index contributed by atoms with van der Waals surface area (Å²) in [6, 6.07) is 0. The first kappa shape index (κ1) is 17.7. The lowest BCUT2D eigenvalue weighted by Crippen LogP contribution is -2.56. The molecule has 22 heavy (non-hydrogen) atoms. The molecule has 1 saturated carbocycles. The zero-order valence-corrected chi connectivity index (χ0v) is 14.4. The highest BCUT2D eigenvalue weighted by atomic mass is 16.5. The van der Waals surface area contributed by atoms with Crippen molar-refractivity contribution in [2.75, 3.05) is 39.5 Å². The smallest absolute Gasteiger partial charge is 0.224 e. The van der Waals surface area contributed by atoms with Gasteiger partial charge in [-0.25, -0.2) is 0 Å². The van der Waals surface area contributed by atoms with Gasteiger partial charge in [0.15, 0.2) is 0 Å². The van der Waals surface area contributed by atoms with Crippen molar-refractivity contribution in [3.05, 3.63) is 0 Å². The van der Waals surface area contributed by atoms with Gasteiger partial charge in [0.2, 0.25) is 5.91 Å². The average Bonchev–Trinajstić information content (AvgIpc) is 2.46. The van der Waals surface area contributed by atoms with Crippen molar-refractivity contribution in [2.45, 2.75) is 52.0 Å². The number of nitrogens with one attached hydrogen (secondary N) is 1. The maximum absolute atomic E-state index is 12.2. The summed E-state index contributed by atoms with van der Waals surface area (Å²) in [4.78, 5) is 14.1. The van der Waals surface area contributed by atoms with E-state index in [0.717, 1.165) is 12.8 Å². The summed E-state index contributed by atoms with van der Waals surface area (Å²) in [6.07, 6.45) is 3.64. The highest BCUT2D eigenvalue weighted by molar-refractivity contribution is 5.76. The first-order chi connectivity index (χ1) is 10.4. The van der Waals surface area contributed by atoms with Gasteiger partial charge in [-0.1, -0.05) is 20.8 Å². The third kappa shape index (κ3) is 4.67. The molecular weight excluding hydrogens is 280 g/mol. The van der Waals surface area contributed by atoms with Gasteiger partial charge in [-0.05, 0) is 30.6 Å². The zero-order valence-electron chi connectivity index (χ0n) is 14.4. The highest BCUT2D eigenvalue weighted by Gasteiger charge is 2.42. The van der Waals surface area contributed by atoms with E-state index in [0.29, 0.717) is 45.2 Å². The number of hydrogen-bond donors (Lipinski definition) is 2. The van der Waals surface area contributed by atoms with Crippen molar-refractivity contribution in [1.82, 2.24) is 10.2 Å². The number of nitrogens with zero attached hydrogens (tertiary/aromatic N) is 1. The van der Waals surface area contributed by atoms with Crippen LogP contribution in [-0.2, 0) is 9.53 Å². The van der Waals surface area contributed by atoms with Crippen LogP contribution in [0.2, 0.25) is 0 Å². The largest absolute Gasteiger partial charge is 0.394 e. The van der Waals surface area contributed by atoms with Crippen LogP contribution in [0.3, 0.4) is 0 Å². The molecule has 1 heterocycles. The molecule has 0 aromatic rings. The fraction of sp³-hybridized carbons (Fsp3) is 0.941. The molecule has 0 aromatic carbocycles. The number of rotatable bonds is 5. The SMILES string of the molecule is C[C@@H]1CC(C)(C)C[C@@](CO)(NCCC(=O)N2CCOCC2)C1. The van der Waals surface area contributed by atoms with Crippen LogP contribution < -0.4 is 5.32 Å². The lowest BCUT2D eigenvalue weighted by Gasteiger charge is -2.47. The molecule has 0 bridgehead atoms. The number of aliphatic hydroxyl groups excluding tert-OH is 1. The molecule has 0 radical (unpaired) electrons. The molecule has 2 atom stereocenters. The third-order valence-electron chi connectivity index (χ3n) is 4.96. The van der Waals surface area contributed by atoms with Gasteiger partial charge in [0.05, 0.1) is 19.8 Å². The number of carbonyl (C=O) groups excluding carboxylic acids is 1. The highest BCUT2D eigenvalue weighted by Crippen LogP contribution is 2.43. The van der Waals surface area contributed by atoms with E-state index in [-0.39, 0.29) is 23.5 Å². The minimum atomic E-state index is -0.230. The van der Waals surface area contributed by atoms with Crippen molar-refractivity contribution < 1.29 is 14.6 Å². The minimum Gasteiger partial charge on any atom is -0.394 e. The van der Waals surface area contributed by atoms with Crippen LogP contribution in [0, 0.1) is 11.3 Å². The molecule has 0 aromatic heterocycles. The van der Waals surface area contributed by atoms with Gasteiger partial charge in [-0.3, -0.25) is 4.79 Å². The standard InChI is InChI=1S/C17H32N2O3/c1-14-10-16(2,3)12-17(11-14,13-20)18-5-4-15(21)19-6-8-22-9-7-19/h14,18,20H,4-13H2,1-3H3/t14-,17+/m1/s1. The molecule has 2 fully saturated rings. The van der Waals surface area contributed by atoms with E-state index in [1.807, 2.05) is 4.90 Å². The molecule has 0 unspecified atom stereocenters. The number of carbonyl (C=O) groups is 1. The molecular formula is C17H32N2O3. The van der Waals surface area contributed by atoms with E-state index in [9.17, 15) is 9.90 Å². The molecule has 2 rings (SSSR count). The van der Waals surface area contributed by atoms with Crippen LogP contribution in [-0.4, -0.2) is 60.9 Å². The van der Waals surface area contributed by atoms with E-state index in [2.05, 4.69) is 26.1 Å². The molecule has 2 N–H and O–H groups in total. The van der Waals surface area contributed by atoms with Crippen molar-refractivity contribution in [2.24, 2.45) is 11.3 Å². The van der Waals surface area contributed by atoms with Gasteiger partial charge in [0.25, 0.3) is 0 Å². The fourth-order valence-corrected chi connectivity index (χ4v) is 4.46. The normalized spacial score (nSPS) is 32.0. The Morgan fingerprint density at radius 2 is 2.00 bits per heavy atom. The van der Waals surface area contributed by atoms with Gasteiger partial charge in [0, 0.05) is 31.6 Å². The Morgan fingerprint density at radius 3 is 2.59 bits per heavy atom. The predicted octanol–water partition coefficient (Wildman–Crippen LogP) is 1.40. The lowest BCUT2D eigenvalue weighted by atomic mass is 9.64. The van der Waals surface area contributed by atoms with Gasteiger partial charge in [-0.2, -0.15) is 0 Å². The van der Waals surface area contributed by atoms with Crippen LogP contribution in [0.15, 0.2) is 0 Å². The molecule has 2 aliphatic rings. The van der Waals surface area contributed by atoms with Crippen molar-refractivity contribution >= 4 is 5.91 Å². The van der Waals surface area contributed by atoms with Gasteiger partial charge >= 0.3 is 0 Å². The molecule has 5 heteroatoms. The summed E-state index contributed by atoms with van der Waals surface area (Å²) >= 11 is 0. The van der Waals surface area contributed by atoms with E-state index < -0.39 is 0 Å². The van der Waals surface area contributed by atoms with Crippen LogP contribution in [0.1, 0.15) is 46.5 Å². The predicted molar refractivity (Wildman–Crippen MR) is 86.6 cm³/mol.